The Hall–Kier alpha value is -1.11. The molecule has 1 aromatic heterocycles. The molecular formula is C10H9IN2O2. The molecule has 4 nitrogen and oxygen atoms in total. The van der Waals surface area contributed by atoms with Gasteiger partial charge in [0, 0.05) is 0 Å². The van der Waals surface area contributed by atoms with Crippen molar-refractivity contribution in [2.24, 2.45) is 0 Å². The second-order valence-electron chi connectivity index (χ2n) is 2.98. The Morgan fingerprint density at radius 2 is 2.40 bits per heavy atom. The van der Waals surface area contributed by atoms with Gasteiger partial charge in [0.15, 0.2) is 3.83 Å². The van der Waals surface area contributed by atoms with Gasteiger partial charge in [-0.3, -0.25) is 0 Å². The smallest absolute Gasteiger partial charge is 0.338 e. The Bertz CT molecular complexity index is 507. The molecule has 0 aliphatic heterocycles. The topological polar surface area (TPSA) is 55.0 Å². The molecule has 15 heavy (non-hydrogen) atoms. The molecule has 0 unspecified atom stereocenters. The number of imidazole rings is 1. The fourth-order valence-corrected chi connectivity index (χ4v) is 1.87. The molecule has 1 heterocycles. The summed E-state index contributed by atoms with van der Waals surface area (Å²) in [6.07, 6.45) is 0. The maximum atomic E-state index is 11.4. The van der Waals surface area contributed by atoms with Gasteiger partial charge >= 0.3 is 5.97 Å². The van der Waals surface area contributed by atoms with Crippen LogP contribution in [0.5, 0.6) is 0 Å². The number of nitrogens with one attached hydrogen (secondary N) is 1. The molecule has 5 heteroatoms. The van der Waals surface area contributed by atoms with Crippen molar-refractivity contribution in [1.82, 2.24) is 9.97 Å². The molecule has 78 valence electrons. The van der Waals surface area contributed by atoms with Crippen molar-refractivity contribution in [2.75, 3.05) is 6.61 Å². The molecule has 0 bridgehead atoms. The van der Waals surface area contributed by atoms with Crippen LogP contribution in [-0.2, 0) is 4.74 Å². The highest BCUT2D eigenvalue weighted by atomic mass is 127. The van der Waals surface area contributed by atoms with Crippen LogP contribution < -0.4 is 0 Å². The average Bonchev–Trinajstić information content (AvgIpc) is 2.57. The van der Waals surface area contributed by atoms with E-state index in [9.17, 15) is 4.79 Å². The van der Waals surface area contributed by atoms with E-state index < -0.39 is 0 Å². The fourth-order valence-electron chi connectivity index (χ4n) is 1.32. The van der Waals surface area contributed by atoms with Crippen LogP contribution in [0, 0.1) is 3.83 Å². The van der Waals surface area contributed by atoms with Crippen LogP contribution in [0.3, 0.4) is 0 Å². The zero-order chi connectivity index (χ0) is 10.8. The number of esters is 1. The molecule has 0 amide bonds. The molecular weight excluding hydrogens is 307 g/mol. The van der Waals surface area contributed by atoms with Gasteiger partial charge in [-0.25, -0.2) is 9.78 Å². The fraction of sp³-hybridized carbons (Fsp3) is 0.200. The van der Waals surface area contributed by atoms with Crippen LogP contribution in [0.15, 0.2) is 18.2 Å². The monoisotopic (exact) mass is 316 g/mol. The first-order valence-electron chi connectivity index (χ1n) is 4.53. The van der Waals surface area contributed by atoms with Gasteiger partial charge in [-0.2, -0.15) is 0 Å². The Morgan fingerprint density at radius 3 is 3.13 bits per heavy atom. The second-order valence-corrected chi connectivity index (χ2v) is 4.00. The number of ether oxygens (including phenoxy) is 1. The highest BCUT2D eigenvalue weighted by molar-refractivity contribution is 14.1. The number of nitrogens with zero attached hydrogens (tertiary/aromatic N) is 1. The Labute approximate surface area is 100 Å². The zero-order valence-electron chi connectivity index (χ0n) is 8.08. The quantitative estimate of drug-likeness (QED) is 0.683. The highest BCUT2D eigenvalue weighted by Crippen LogP contribution is 2.15. The number of halogens is 1. The maximum Gasteiger partial charge on any atom is 0.338 e. The third kappa shape index (κ3) is 2.11. The molecule has 0 aliphatic carbocycles. The zero-order valence-corrected chi connectivity index (χ0v) is 10.2. The van der Waals surface area contributed by atoms with Crippen LogP contribution in [0.2, 0.25) is 0 Å². The predicted molar refractivity (Wildman–Crippen MR) is 64.8 cm³/mol. The van der Waals surface area contributed by atoms with Crippen LogP contribution in [-0.4, -0.2) is 22.5 Å². The molecule has 2 rings (SSSR count). The van der Waals surface area contributed by atoms with Crippen molar-refractivity contribution >= 4 is 39.6 Å². The normalized spacial score (nSPS) is 10.5. The number of fused-ring (bicyclic) bond motifs is 1. The molecule has 0 fully saturated rings. The lowest BCUT2D eigenvalue weighted by atomic mass is 10.2. The predicted octanol–water partition coefficient (Wildman–Crippen LogP) is 2.34. The highest BCUT2D eigenvalue weighted by Gasteiger charge is 2.08. The summed E-state index contributed by atoms with van der Waals surface area (Å²) in [5.41, 5.74) is 2.25. The van der Waals surface area contributed by atoms with Gasteiger partial charge in [0.2, 0.25) is 0 Å². The van der Waals surface area contributed by atoms with E-state index >= 15 is 0 Å². The number of hydrogen-bond donors (Lipinski definition) is 1. The lowest BCUT2D eigenvalue weighted by Gasteiger charge is -2.00. The van der Waals surface area contributed by atoms with Gasteiger partial charge in [0.1, 0.15) is 0 Å². The minimum Gasteiger partial charge on any atom is -0.462 e. The molecule has 0 radical (unpaired) electrons. The van der Waals surface area contributed by atoms with E-state index in [1.54, 1.807) is 25.1 Å². The van der Waals surface area contributed by atoms with Crippen molar-refractivity contribution in [2.45, 2.75) is 6.92 Å². The molecule has 0 aliphatic rings. The minimum absolute atomic E-state index is 0.302. The Kier molecular flexibility index (Phi) is 2.90. The number of carbonyl (C=O) groups is 1. The standard InChI is InChI=1S/C10H9IN2O2/c1-2-15-9(14)6-3-4-7-8(5-6)13-10(11)12-7/h3-5H,2H2,1H3,(H,12,13). The lowest BCUT2D eigenvalue weighted by molar-refractivity contribution is 0.0526. The molecule has 1 aromatic carbocycles. The minimum atomic E-state index is -0.302. The van der Waals surface area contributed by atoms with Crippen molar-refractivity contribution in [1.29, 1.82) is 0 Å². The number of aromatic nitrogens is 2. The van der Waals surface area contributed by atoms with E-state index in [4.69, 9.17) is 4.74 Å². The van der Waals surface area contributed by atoms with Gasteiger partial charge in [-0.05, 0) is 47.7 Å². The average molecular weight is 316 g/mol. The van der Waals surface area contributed by atoms with Gasteiger partial charge in [0.05, 0.1) is 23.2 Å². The van der Waals surface area contributed by atoms with Crippen LogP contribution in [0.4, 0.5) is 0 Å². The third-order valence-corrected chi connectivity index (χ3v) is 2.48. The summed E-state index contributed by atoms with van der Waals surface area (Å²) in [4.78, 5) is 18.7. The number of rotatable bonds is 2. The van der Waals surface area contributed by atoms with Crippen molar-refractivity contribution in [3.8, 4) is 0 Å². The largest absolute Gasteiger partial charge is 0.462 e. The number of benzene rings is 1. The summed E-state index contributed by atoms with van der Waals surface area (Å²) in [7, 11) is 0. The molecule has 0 atom stereocenters. The summed E-state index contributed by atoms with van der Waals surface area (Å²) in [5.74, 6) is -0.302. The van der Waals surface area contributed by atoms with Crippen LogP contribution in [0.25, 0.3) is 11.0 Å². The first-order valence-corrected chi connectivity index (χ1v) is 5.61. The van der Waals surface area contributed by atoms with E-state index in [0.29, 0.717) is 12.2 Å². The number of aromatic amines is 1. The molecule has 2 aromatic rings. The van der Waals surface area contributed by atoms with Crippen LogP contribution in [0.1, 0.15) is 17.3 Å². The van der Waals surface area contributed by atoms with Gasteiger partial charge in [0.25, 0.3) is 0 Å². The number of H-pyrrole nitrogens is 1. The Morgan fingerprint density at radius 1 is 1.60 bits per heavy atom. The van der Waals surface area contributed by atoms with Gasteiger partial charge < -0.3 is 9.72 Å². The molecule has 0 saturated heterocycles. The molecule has 1 N–H and O–H groups in total. The van der Waals surface area contributed by atoms with Crippen molar-refractivity contribution < 1.29 is 9.53 Å². The van der Waals surface area contributed by atoms with E-state index in [1.165, 1.54) is 0 Å². The second kappa shape index (κ2) is 4.18. The third-order valence-electron chi connectivity index (χ3n) is 1.96. The Balaban J connectivity index is 2.41. The summed E-state index contributed by atoms with van der Waals surface area (Å²) in [6, 6.07) is 5.28. The maximum absolute atomic E-state index is 11.4. The summed E-state index contributed by atoms with van der Waals surface area (Å²) in [5, 5.41) is 0. The molecule has 0 saturated carbocycles. The molecule has 0 spiro atoms. The van der Waals surface area contributed by atoms with E-state index in [0.717, 1.165) is 14.9 Å². The van der Waals surface area contributed by atoms with Crippen molar-refractivity contribution in [3.05, 3.63) is 27.6 Å². The summed E-state index contributed by atoms with van der Waals surface area (Å²) >= 11 is 2.10. The summed E-state index contributed by atoms with van der Waals surface area (Å²) < 4.78 is 5.72. The first kappa shape index (κ1) is 10.4. The summed E-state index contributed by atoms with van der Waals surface area (Å²) in [6.45, 7) is 2.17. The SMILES string of the molecule is CCOC(=O)c1ccc2nc(I)[nH]c2c1. The van der Waals surface area contributed by atoms with E-state index in [1.807, 2.05) is 0 Å². The van der Waals surface area contributed by atoms with E-state index in [-0.39, 0.29) is 5.97 Å². The lowest BCUT2D eigenvalue weighted by Crippen LogP contribution is -2.04. The van der Waals surface area contributed by atoms with Crippen molar-refractivity contribution in [3.63, 3.8) is 0 Å². The number of hydrogen-bond acceptors (Lipinski definition) is 3. The van der Waals surface area contributed by atoms with Crippen LogP contribution >= 0.6 is 22.6 Å². The van der Waals surface area contributed by atoms with Gasteiger partial charge in [-0.1, -0.05) is 0 Å². The first-order chi connectivity index (χ1) is 7.20. The number of carbonyl (C=O) groups excluding carboxylic acids is 1. The van der Waals surface area contributed by atoms with E-state index in [2.05, 4.69) is 32.6 Å². The van der Waals surface area contributed by atoms with Gasteiger partial charge in [-0.15, -0.1) is 0 Å².